The Morgan fingerprint density at radius 2 is 2.00 bits per heavy atom. The molecule has 3 nitrogen and oxygen atoms in total. The van der Waals surface area contributed by atoms with Crippen molar-refractivity contribution < 1.29 is 9.53 Å². The van der Waals surface area contributed by atoms with E-state index in [0.717, 1.165) is 11.4 Å². The van der Waals surface area contributed by atoms with Gasteiger partial charge in [0, 0.05) is 5.69 Å². The molecule has 1 aromatic rings. The maximum atomic E-state index is 11.0. The molecule has 0 aliphatic heterocycles. The summed E-state index contributed by atoms with van der Waals surface area (Å²) in [5.74, 6) is 0.789. The predicted molar refractivity (Wildman–Crippen MR) is 56.3 cm³/mol. The van der Waals surface area contributed by atoms with Crippen molar-refractivity contribution in [2.75, 3.05) is 19.1 Å². The first-order chi connectivity index (χ1) is 6.26. The number of rotatable bonds is 3. The van der Waals surface area contributed by atoms with Gasteiger partial charge in [-0.25, -0.2) is 0 Å². The normalized spacial score (nSPS) is 10.3. The summed E-state index contributed by atoms with van der Waals surface area (Å²) in [6, 6.07) is 7.26. The fourth-order valence-electron chi connectivity index (χ4n) is 0.868. The van der Waals surface area contributed by atoms with E-state index in [4.69, 9.17) is 4.74 Å². The highest BCUT2D eigenvalue weighted by atomic mass is 31.1. The molecule has 1 unspecified atom stereocenters. The van der Waals surface area contributed by atoms with Crippen molar-refractivity contribution in [3.05, 3.63) is 24.3 Å². The van der Waals surface area contributed by atoms with E-state index in [0.29, 0.717) is 0 Å². The first-order valence-corrected chi connectivity index (χ1v) is 5.39. The topological polar surface area (TPSA) is 38.3 Å². The molecule has 1 amide bonds. The molecule has 1 rings (SSSR count). The van der Waals surface area contributed by atoms with Gasteiger partial charge in [-0.2, -0.15) is 0 Å². The molecule has 0 bridgehead atoms. The zero-order valence-electron chi connectivity index (χ0n) is 7.63. The van der Waals surface area contributed by atoms with E-state index >= 15 is 0 Å². The van der Waals surface area contributed by atoms with E-state index in [-0.39, 0.29) is 14.2 Å². The molecular formula is C9H12NO2P. The predicted octanol–water partition coefficient (Wildman–Crippen LogP) is 2.54. The third kappa shape index (κ3) is 3.03. The Morgan fingerprint density at radius 1 is 1.38 bits per heavy atom. The van der Waals surface area contributed by atoms with E-state index < -0.39 is 0 Å². The minimum Gasteiger partial charge on any atom is -0.497 e. The monoisotopic (exact) mass is 197 g/mol. The van der Waals surface area contributed by atoms with E-state index in [9.17, 15) is 4.79 Å². The molecule has 1 atom stereocenters. The molecule has 0 radical (unpaired) electrons. The van der Waals surface area contributed by atoms with Crippen LogP contribution in [0.25, 0.3) is 0 Å². The van der Waals surface area contributed by atoms with Crippen molar-refractivity contribution in [1.82, 2.24) is 0 Å². The third-order valence-electron chi connectivity index (χ3n) is 1.57. The molecule has 0 saturated heterocycles. The summed E-state index contributed by atoms with van der Waals surface area (Å²) < 4.78 is 4.99. The number of ether oxygens (including phenoxy) is 1. The van der Waals surface area contributed by atoms with Crippen molar-refractivity contribution in [1.29, 1.82) is 0 Å². The zero-order valence-corrected chi connectivity index (χ0v) is 8.63. The summed E-state index contributed by atoms with van der Waals surface area (Å²) in [4.78, 5) is 11.0. The maximum Gasteiger partial charge on any atom is 0.241 e. The first kappa shape index (κ1) is 10.0. The highest BCUT2D eigenvalue weighted by Gasteiger charge is 1.97. The molecule has 70 valence electrons. The number of methoxy groups -OCH3 is 1. The van der Waals surface area contributed by atoms with Crippen molar-refractivity contribution in [2.45, 2.75) is 0 Å². The molecule has 1 aromatic carbocycles. The largest absolute Gasteiger partial charge is 0.497 e. The molecule has 0 saturated carbocycles. The Labute approximate surface area is 79.3 Å². The van der Waals surface area contributed by atoms with Gasteiger partial charge in [0.05, 0.1) is 7.11 Å². The number of hydrogen-bond acceptors (Lipinski definition) is 2. The number of benzene rings is 1. The number of hydrogen-bond donors (Lipinski definition) is 1. The van der Waals surface area contributed by atoms with E-state index in [1.54, 1.807) is 7.11 Å². The molecule has 0 aromatic heterocycles. The molecule has 0 fully saturated rings. The van der Waals surface area contributed by atoms with E-state index in [1.165, 1.54) is 0 Å². The quantitative estimate of drug-likeness (QED) is 0.756. The van der Waals surface area contributed by atoms with Gasteiger partial charge in [0.2, 0.25) is 5.65 Å². The SMILES string of the molecule is COc1ccc(NC(=O)PC)cc1. The highest BCUT2D eigenvalue weighted by molar-refractivity contribution is 7.57. The molecular weight excluding hydrogens is 185 g/mol. The van der Waals surface area contributed by atoms with Gasteiger partial charge in [-0.3, -0.25) is 4.79 Å². The van der Waals surface area contributed by atoms with Crippen LogP contribution in [0.15, 0.2) is 24.3 Å². The second-order valence-corrected chi connectivity index (χ2v) is 3.39. The van der Waals surface area contributed by atoms with Gasteiger partial charge in [0.1, 0.15) is 5.75 Å². The fraction of sp³-hybridized carbons (Fsp3) is 0.222. The van der Waals surface area contributed by atoms with Gasteiger partial charge in [-0.1, -0.05) is 0 Å². The van der Waals surface area contributed by atoms with Crippen LogP contribution in [0.4, 0.5) is 10.5 Å². The maximum absolute atomic E-state index is 11.0. The highest BCUT2D eigenvalue weighted by Crippen LogP contribution is 2.17. The lowest BCUT2D eigenvalue weighted by molar-refractivity contribution is 0.269. The van der Waals surface area contributed by atoms with Crippen LogP contribution in [0.1, 0.15) is 0 Å². The number of carbonyl (C=O) groups is 1. The molecule has 0 aliphatic rings. The van der Waals surface area contributed by atoms with Crippen molar-refractivity contribution >= 4 is 19.9 Å². The van der Waals surface area contributed by atoms with E-state index in [1.807, 2.05) is 30.9 Å². The number of nitrogens with one attached hydrogen (secondary N) is 1. The fourth-order valence-corrected chi connectivity index (χ4v) is 1.14. The van der Waals surface area contributed by atoms with Gasteiger partial charge < -0.3 is 10.1 Å². The van der Waals surface area contributed by atoms with Gasteiger partial charge >= 0.3 is 0 Å². The van der Waals surface area contributed by atoms with Crippen LogP contribution in [0.3, 0.4) is 0 Å². The van der Waals surface area contributed by atoms with Gasteiger partial charge in [-0.15, -0.1) is 0 Å². The summed E-state index contributed by atoms with van der Waals surface area (Å²) in [7, 11) is 1.89. The second kappa shape index (κ2) is 4.83. The van der Waals surface area contributed by atoms with Crippen molar-refractivity contribution in [2.24, 2.45) is 0 Å². The summed E-state index contributed by atoms with van der Waals surface area (Å²) in [5, 5.41) is 2.76. The Morgan fingerprint density at radius 3 is 2.46 bits per heavy atom. The summed E-state index contributed by atoms with van der Waals surface area (Å²) in [6.45, 7) is 1.85. The third-order valence-corrected chi connectivity index (χ3v) is 2.15. The van der Waals surface area contributed by atoms with Crippen LogP contribution in [-0.2, 0) is 0 Å². The smallest absolute Gasteiger partial charge is 0.241 e. The second-order valence-electron chi connectivity index (χ2n) is 2.43. The van der Waals surface area contributed by atoms with Crippen molar-refractivity contribution in [3.63, 3.8) is 0 Å². The Kier molecular flexibility index (Phi) is 3.71. The summed E-state index contributed by atoms with van der Waals surface area (Å²) in [5.41, 5.74) is 0.852. The summed E-state index contributed by atoms with van der Waals surface area (Å²) >= 11 is 0. The standard InChI is InChI=1S/C9H12NO2P/c1-12-8-5-3-7(4-6-8)10-9(11)13-2/h3-6,13H,1-2H3,(H,10,11). The molecule has 4 heteroatoms. The van der Waals surface area contributed by atoms with Gasteiger partial charge in [0.25, 0.3) is 0 Å². The Hall–Kier alpha value is -1.08. The zero-order chi connectivity index (χ0) is 9.68. The molecule has 13 heavy (non-hydrogen) atoms. The van der Waals surface area contributed by atoms with Crippen LogP contribution in [0.2, 0.25) is 0 Å². The summed E-state index contributed by atoms with van der Waals surface area (Å²) in [6.07, 6.45) is 0. The molecule has 0 aliphatic carbocycles. The van der Waals surface area contributed by atoms with Crippen LogP contribution in [0, 0.1) is 0 Å². The lowest BCUT2D eigenvalue weighted by Crippen LogP contribution is -2.01. The number of carbonyl (C=O) groups excluding carboxylic acids is 1. The van der Waals surface area contributed by atoms with Gasteiger partial charge in [-0.05, 0) is 39.5 Å². The van der Waals surface area contributed by atoms with Crippen LogP contribution < -0.4 is 10.1 Å². The molecule has 0 heterocycles. The average molecular weight is 197 g/mol. The lowest BCUT2D eigenvalue weighted by atomic mass is 10.3. The van der Waals surface area contributed by atoms with Crippen LogP contribution >= 0.6 is 8.58 Å². The minimum atomic E-state index is 0.0465. The number of amides is 1. The number of anilines is 1. The van der Waals surface area contributed by atoms with Crippen LogP contribution in [0.5, 0.6) is 5.75 Å². The van der Waals surface area contributed by atoms with E-state index in [2.05, 4.69) is 5.32 Å². The van der Waals surface area contributed by atoms with Crippen molar-refractivity contribution in [3.8, 4) is 5.75 Å². The average Bonchev–Trinajstić information content (AvgIpc) is 2.19. The Bertz CT molecular complexity index is 284. The lowest BCUT2D eigenvalue weighted by Gasteiger charge is -2.04. The Balaban J connectivity index is 2.64. The van der Waals surface area contributed by atoms with Crippen LogP contribution in [-0.4, -0.2) is 19.4 Å². The minimum absolute atomic E-state index is 0.0465. The first-order valence-electron chi connectivity index (χ1n) is 3.89. The molecule has 0 spiro atoms. The van der Waals surface area contributed by atoms with Gasteiger partial charge in [0.15, 0.2) is 0 Å². The molecule has 1 N–H and O–H groups in total.